The molecule has 2 aromatic heterocycles. The van der Waals surface area contributed by atoms with Crippen molar-refractivity contribution in [2.24, 2.45) is 7.05 Å². The fraction of sp³-hybridized carbons (Fsp3) is 0.391. The number of rotatable bonds is 7. The molecule has 0 unspecified atom stereocenters. The number of aliphatic hydroxyl groups excluding tert-OH is 1. The summed E-state index contributed by atoms with van der Waals surface area (Å²) in [7, 11) is 1.93. The molecule has 162 valence electrons. The van der Waals surface area contributed by atoms with Crippen molar-refractivity contribution in [3.63, 3.8) is 0 Å². The highest BCUT2D eigenvalue weighted by Crippen LogP contribution is 2.25. The molecule has 3 atom stereocenters. The summed E-state index contributed by atoms with van der Waals surface area (Å²) in [6.07, 6.45) is 5.85. The van der Waals surface area contributed by atoms with Gasteiger partial charge in [0, 0.05) is 37.8 Å². The first-order chi connectivity index (χ1) is 15.0. The first-order valence-corrected chi connectivity index (χ1v) is 10.5. The summed E-state index contributed by atoms with van der Waals surface area (Å²) in [5, 5.41) is 20.7. The van der Waals surface area contributed by atoms with Crippen LogP contribution in [0.3, 0.4) is 0 Å². The van der Waals surface area contributed by atoms with E-state index in [0.717, 1.165) is 30.7 Å². The number of nitrogens with one attached hydrogen (secondary N) is 1. The zero-order valence-electron chi connectivity index (χ0n) is 17.7. The summed E-state index contributed by atoms with van der Waals surface area (Å²) in [5.41, 5.74) is 2.10. The fourth-order valence-electron chi connectivity index (χ4n) is 3.83. The van der Waals surface area contributed by atoms with Crippen LogP contribution in [0, 0.1) is 0 Å². The van der Waals surface area contributed by atoms with Crippen LogP contribution in [0.1, 0.15) is 54.0 Å². The van der Waals surface area contributed by atoms with Crippen LogP contribution < -0.4 is 10.1 Å². The van der Waals surface area contributed by atoms with Crippen molar-refractivity contribution in [2.45, 2.75) is 50.7 Å². The standard InChI is InChI=1S/C23H27N5O3/c1-15(10-22-27-25-14-28(22)2)16-4-3-5-17(11-16)26-23(30)21-13-20(8-9-24-21)31-19-7-6-18(29)12-19/h3-5,8-9,11,13-15,18-19,29H,6-7,10,12H2,1-2H3,(H,26,30)/t15-,18+,19+/m1/s1. The van der Waals surface area contributed by atoms with Crippen LogP contribution in [-0.4, -0.2) is 43.0 Å². The van der Waals surface area contributed by atoms with E-state index in [9.17, 15) is 9.90 Å². The maximum Gasteiger partial charge on any atom is 0.274 e. The number of amides is 1. The van der Waals surface area contributed by atoms with E-state index in [1.54, 1.807) is 24.7 Å². The minimum atomic E-state index is -0.307. The van der Waals surface area contributed by atoms with E-state index >= 15 is 0 Å². The number of ether oxygens (including phenoxy) is 1. The van der Waals surface area contributed by atoms with Crippen molar-refractivity contribution >= 4 is 11.6 Å². The Bertz CT molecular complexity index is 1050. The molecular weight excluding hydrogens is 394 g/mol. The topological polar surface area (TPSA) is 102 Å². The number of aromatic nitrogens is 4. The largest absolute Gasteiger partial charge is 0.490 e. The van der Waals surface area contributed by atoms with Crippen LogP contribution >= 0.6 is 0 Å². The van der Waals surface area contributed by atoms with Gasteiger partial charge in [-0.2, -0.15) is 0 Å². The van der Waals surface area contributed by atoms with Gasteiger partial charge in [0.2, 0.25) is 0 Å². The monoisotopic (exact) mass is 421 g/mol. The van der Waals surface area contributed by atoms with Gasteiger partial charge in [0.15, 0.2) is 0 Å². The molecule has 0 spiro atoms. The van der Waals surface area contributed by atoms with E-state index in [2.05, 4.69) is 27.4 Å². The third kappa shape index (κ3) is 5.27. The Kier molecular flexibility index (Phi) is 6.27. The van der Waals surface area contributed by atoms with Gasteiger partial charge in [0.05, 0.1) is 6.10 Å². The van der Waals surface area contributed by atoms with E-state index < -0.39 is 0 Å². The maximum atomic E-state index is 12.7. The highest BCUT2D eigenvalue weighted by atomic mass is 16.5. The van der Waals surface area contributed by atoms with Crippen LogP contribution in [0.2, 0.25) is 0 Å². The summed E-state index contributed by atoms with van der Waals surface area (Å²) < 4.78 is 7.82. The summed E-state index contributed by atoms with van der Waals surface area (Å²) in [6.45, 7) is 2.12. The van der Waals surface area contributed by atoms with Crippen molar-refractivity contribution in [3.05, 3.63) is 66.0 Å². The summed E-state index contributed by atoms with van der Waals surface area (Å²) in [4.78, 5) is 16.9. The Hall–Kier alpha value is -3.26. The number of aliphatic hydroxyl groups is 1. The van der Waals surface area contributed by atoms with Crippen molar-refractivity contribution in [1.82, 2.24) is 19.7 Å². The molecule has 1 fully saturated rings. The fourth-order valence-corrected chi connectivity index (χ4v) is 3.83. The van der Waals surface area contributed by atoms with E-state index in [1.165, 1.54) is 0 Å². The lowest BCUT2D eigenvalue weighted by Crippen LogP contribution is -2.16. The molecule has 1 aliphatic carbocycles. The van der Waals surface area contributed by atoms with Crippen LogP contribution in [0.15, 0.2) is 48.9 Å². The predicted molar refractivity (Wildman–Crippen MR) is 116 cm³/mol. The lowest BCUT2D eigenvalue weighted by atomic mass is 9.97. The number of hydrogen-bond donors (Lipinski definition) is 2. The van der Waals surface area contributed by atoms with Crippen LogP contribution in [-0.2, 0) is 13.5 Å². The Balaban J connectivity index is 1.41. The average molecular weight is 422 g/mol. The molecule has 2 N–H and O–H groups in total. The highest BCUT2D eigenvalue weighted by Gasteiger charge is 2.24. The zero-order valence-corrected chi connectivity index (χ0v) is 17.7. The molecule has 0 radical (unpaired) electrons. The molecule has 1 saturated carbocycles. The lowest BCUT2D eigenvalue weighted by Gasteiger charge is -2.14. The molecule has 2 heterocycles. The molecule has 4 rings (SSSR count). The summed E-state index contributed by atoms with van der Waals surface area (Å²) >= 11 is 0. The van der Waals surface area contributed by atoms with Crippen molar-refractivity contribution in [2.75, 3.05) is 5.32 Å². The van der Waals surface area contributed by atoms with Crippen molar-refractivity contribution in [3.8, 4) is 5.75 Å². The van der Waals surface area contributed by atoms with Gasteiger partial charge in [-0.05, 0) is 42.5 Å². The van der Waals surface area contributed by atoms with Gasteiger partial charge in [0.25, 0.3) is 5.91 Å². The first kappa shape index (κ1) is 21.0. The number of hydrogen-bond acceptors (Lipinski definition) is 6. The van der Waals surface area contributed by atoms with Crippen LogP contribution in [0.5, 0.6) is 5.75 Å². The van der Waals surface area contributed by atoms with E-state index in [-0.39, 0.29) is 29.7 Å². The van der Waals surface area contributed by atoms with Crippen LogP contribution in [0.4, 0.5) is 5.69 Å². The van der Waals surface area contributed by atoms with E-state index in [0.29, 0.717) is 17.9 Å². The zero-order chi connectivity index (χ0) is 21.8. The minimum Gasteiger partial charge on any atom is -0.490 e. The number of benzene rings is 1. The second kappa shape index (κ2) is 9.26. The summed E-state index contributed by atoms with van der Waals surface area (Å²) in [6, 6.07) is 11.2. The number of carbonyl (C=O) groups excluding carboxylic acids is 1. The van der Waals surface area contributed by atoms with Gasteiger partial charge >= 0.3 is 0 Å². The normalized spacial score (nSPS) is 19.2. The minimum absolute atomic E-state index is 0.0274. The SMILES string of the molecule is C[C@H](Cc1nncn1C)c1cccc(NC(=O)c2cc(O[C@H]3CC[C@H](O)C3)ccn2)c1. The Labute approximate surface area is 181 Å². The molecule has 0 bridgehead atoms. The lowest BCUT2D eigenvalue weighted by molar-refractivity contribution is 0.102. The second-order valence-electron chi connectivity index (χ2n) is 8.13. The van der Waals surface area contributed by atoms with Gasteiger partial charge < -0.3 is 19.7 Å². The number of aryl methyl sites for hydroxylation is 1. The van der Waals surface area contributed by atoms with Crippen molar-refractivity contribution < 1.29 is 14.6 Å². The van der Waals surface area contributed by atoms with Gasteiger partial charge in [-0.1, -0.05) is 19.1 Å². The molecule has 8 heteroatoms. The molecular formula is C23H27N5O3. The number of carbonyl (C=O) groups is 1. The van der Waals surface area contributed by atoms with Gasteiger partial charge in [0.1, 0.15) is 29.7 Å². The predicted octanol–water partition coefficient (Wildman–Crippen LogP) is 3.10. The Morgan fingerprint density at radius 2 is 2.19 bits per heavy atom. The second-order valence-corrected chi connectivity index (χ2v) is 8.13. The van der Waals surface area contributed by atoms with Gasteiger partial charge in [-0.25, -0.2) is 0 Å². The van der Waals surface area contributed by atoms with Gasteiger partial charge in [-0.15, -0.1) is 10.2 Å². The average Bonchev–Trinajstić information content (AvgIpc) is 3.36. The quantitative estimate of drug-likeness (QED) is 0.608. The number of anilines is 1. The Morgan fingerprint density at radius 3 is 2.94 bits per heavy atom. The van der Waals surface area contributed by atoms with Crippen LogP contribution in [0.25, 0.3) is 0 Å². The Morgan fingerprint density at radius 1 is 1.32 bits per heavy atom. The van der Waals surface area contributed by atoms with E-state index in [1.807, 2.05) is 35.9 Å². The number of pyridine rings is 1. The summed E-state index contributed by atoms with van der Waals surface area (Å²) in [5.74, 6) is 1.43. The van der Waals surface area contributed by atoms with E-state index in [4.69, 9.17) is 4.74 Å². The molecule has 1 aliphatic rings. The molecule has 0 saturated heterocycles. The molecule has 1 amide bonds. The third-order valence-corrected chi connectivity index (χ3v) is 5.63. The highest BCUT2D eigenvalue weighted by molar-refractivity contribution is 6.03. The van der Waals surface area contributed by atoms with Gasteiger partial charge in [-0.3, -0.25) is 9.78 Å². The smallest absolute Gasteiger partial charge is 0.274 e. The molecule has 1 aromatic carbocycles. The first-order valence-electron chi connectivity index (χ1n) is 10.5. The number of nitrogens with zero attached hydrogens (tertiary/aromatic N) is 4. The molecule has 31 heavy (non-hydrogen) atoms. The molecule has 3 aromatic rings. The maximum absolute atomic E-state index is 12.7. The third-order valence-electron chi connectivity index (χ3n) is 5.63. The van der Waals surface area contributed by atoms with Crippen molar-refractivity contribution in [1.29, 1.82) is 0 Å². The molecule has 8 nitrogen and oxygen atoms in total. The molecule has 0 aliphatic heterocycles.